The van der Waals surface area contributed by atoms with Gasteiger partial charge in [0.2, 0.25) is 0 Å². The molecule has 98 valence electrons. The minimum absolute atomic E-state index is 0.167. The van der Waals surface area contributed by atoms with Gasteiger partial charge >= 0.3 is 15.6 Å². The minimum Gasteiger partial charge on any atom is -0.300 e. The molecule has 0 spiro atoms. The van der Waals surface area contributed by atoms with Gasteiger partial charge in [-0.1, -0.05) is 0 Å². The summed E-state index contributed by atoms with van der Waals surface area (Å²) in [5.41, 5.74) is -5.43. The molecule has 0 unspecified atom stereocenters. The molecular weight excluding hydrogens is 256 g/mol. The van der Waals surface area contributed by atoms with Crippen LogP contribution in [0.3, 0.4) is 0 Å². The molecule has 0 saturated heterocycles. The lowest BCUT2D eigenvalue weighted by molar-refractivity contribution is -0.115. The Morgan fingerprint density at radius 1 is 1.25 bits per heavy atom. The third-order valence-electron chi connectivity index (χ3n) is 0.800. The zero-order valence-electron chi connectivity index (χ0n) is 8.67. The van der Waals surface area contributed by atoms with Crippen LogP contribution in [0.4, 0.5) is 17.6 Å². The van der Waals surface area contributed by atoms with Gasteiger partial charge in [0.25, 0.3) is 0 Å². The number of halogens is 4. The first-order valence-corrected chi connectivity index (χ1v) is 5.44. The molecule has 0 heterocycles. The van der Waals surface area contributed by atoms with Crippen LogP contribution in [0.5, 0.6) is 0 Å². The van der Waals surface area contributed by atoms with Gasteiger partial charge in [-0.15, -0.1) is 0 Å². The smallest absolute Gasteiger partial charge is 0.300 e. The second kappa shape index (κ2) is 7.55. The van der Waals surface area contributed by atoms with Gasteiger partial charge < -0.3 is 4.79 Å². The molecule has 0 aliphatic carbocycles. The third kappa shape index (κ3) is 9.84. The number of carbonyl (C=O) groups is 1. The molecule has 0 amide bonds. The molecule has 0 N–H and O–H groups in total. The van der Waals surface area contributed by atoms with E-state index >= 15 is 0 Å². The first kappa shape index (κ1) is 17.7. The van der Waals surface area contributed by atoms with E-state index in [9.17, 15) is 30.8 Å². The Labute approximate surface area is 90.7 Å². The van der Waals surface area contributed by atoms with E-state index in [0.717, 1.165) is 0 Å². The maximum Gasteiger partial charge on any atom is 0.523 e. The molecule has 9 heteroatoms. The van der Waals surface area contributed by atoms with Crippen molar-refractivity contribution in [3.05, 3.63) is 0 Å². The lowest BCUT2D eigenvalue weighted by Crippen LogP contribution is -2.25. The monoisotopic (exact) mass is 268 g/mol. The van der Waals surface area contributed by atoms with E-state index in [1.807, 2.05) is 0 Å². The summed E-state index contributed by atoms with van der Waals surface area (Å²) in [6, 6.07) is 0. The van der Waals surface area contributed by atoms with E-state index in [1.54, 1.807) is 0 Å². The van der Waals surface area contributed by atoms with Crippen LogP contribution in [0.25, 0.3) is 0 Å². The van der Waals surface area contributed by atoms with Crippen LogP contribution < -0.4 is 0 Å². The summed E-state index contributed by atoms with van der Waals surface area (Å²) in [7, 11) is -5.54. The zero-order chi connectivity index (χ0) is 13.4. The van der Waals surface area contributed by atoms with Crippen molar-refractivity contribution in [2.75, 3.05) is 13.3 Å². The van der Waals surface area contributed by atoms with E-state index in [0.29, 0.717) is 0 Å². The fourth-order valence-corrected chi connectivity index (χ4v) is 0.761. The molecule has 0 atom stereocenters. The van der Waals surface area contributed by atoms with Crippen LogP contribution in [0.1, 0.15) is 20.3 Å². The van der Waals surface area contributed by atoms with Crippen molar-refractivity contribution in [1.82, 2.24) is 0 Å². The van der Waals surface area contributed by atoms with Crippen LogP contribution in [0.2, 0.25) is 0 Å². The molecule has 0 radical (unpaired) electrons. The summed E-state index contributed by atoms with van der Waals surface area (Å²) in [6.07, 6.45) is -0.380. The van der Waals surface area contributed by atoms with Crippen molar-refractivity contribution in [2.24, 2.45) is 0 Å². The van der Waals surface area contributed by atoms with Gasteiger partial charge in [0.15, 0.2) is 0 Å². The van der Waals surface area contributed by atoms with Crippen LogP contribution in [0.15, 0.2) is 0 Å². The summed E-state index contributed by atoms with van der Waals surface area (Å²) in [5, 5.41) is 0. The number of rotatable bonds is 4. The summed E-state index contributed by atoms with van der Waals surface area (Å²) >= 11 is 0. The molecule has 0 rings (SSSR count). The maximum atomic E-state index is 11.5. The summed E-state index contributed by atoms with van der Waals surface area (Å²) in [4.78, 5) is 9.44. The molecule has 4 nitrogen and oxygen atoms in total. The van der Waals surface area contributed by atoms with Gasteiger partial charge in [0.1, 0.15) is 5.78 Å². The number of Topliss-reactive ketones (excluding diaryl/α,β-unsaturated/α-hetero) is 1. The Hall–Kier alpha value is -0.700. The molecule has 0 aliphatic heterocycles. The van der Waals surface area contributed by atoms with Crippen molar-refractivity contribution in [3.8, 4) is 0 Å². The summed E-state index contributed by atoms with van der Waals surface area (Å²) < 4.78 is 69.2. The van der Waals surface area contributed by atoms with Crippen molar-refractivity contribution >= 4 is 15.9 Å². The molecule has 16 heavy (non-hydrogen) atoms. The van der Waals surface area contributed by atoms with Gasteiger partial charge in [-0.3, -0.25) is 8.57 Å². The predicted molar refractivity (Wildman–Crippen MR) is 47.9 cm³/mol. The summed E-state index contributed by atoms with van der Waals surface area (Å²) in [5.74, 6) is 0.167. The van der Waals surface area contributed by atoms with Gasteiger partial charge in [-0.2, -0.15) is 21.6 Å². The first-order chi connectivity index (χ1) is 7.04. The summed E-state index contributed by atoms with van der Waals surface area (Å²) in [6.45, 7) is 1.34. The Morgan fingerprint density at radius 3 is 1.88 bits per heavy atom. The SMILES string of the molecule is CC(C)=O.O=S(=O)(OCCCF)C(F)(F)F. The average molecular weight is 268 g/mol. The van der Waals surface area contributed by atoms with Crippen molar-refractivity contribution in [2.45, 2.75) is 25.8 Å². The number of hydrogen-bond donors (Lipinski definition) is 0. The van der Waals surface area contributed by atoms with Crippen molar-refractivity contribution in [1.29, 1.82) is 0 Å². The van der Waals surface area contributed by atoms with Crippen LogP contribution in [0, 0.1) is 0 Å². The molecular formula is C7H12F4O4S. The first-order valence-electron chi connectivity index (χ1n) is 4.03. The molecule has 0 aromatic rings. The number of carbonyl (C=O) groups excluding carboxylic acids is 1. The Balaban J connectivity index is 0. The highest BCUT2D eigenvalue weighted by Crippen LogP contribution is 2.24. The maximum absolute atomic E-state index is 11.5. The second-order valence-corrected chi connectivity index (χ2v) is 4.28. The predicted octanol–water partition coefficient (Wildman–Crippen LogP) is 1.81. The van der Waals surface area contributed by atoms with E-state index in [-0.39, 0.29) is 12.2 Å². The van der Waals surface area contributed by atoms with Crippen LogP contribution in [-0.2, 0) is 19.1 Å². The van der Waals surface area contributed by atoms with E-state index in [4.69, 9.17) is 0 Å². The Kier molecular flexibility index (Phi) is 8.35. The van der Waals surface area contributed by atoms with Gasteiger partial charge in [0.05, 0.1) is 13.3 Å². The number of hydrogen-bond acceptors (Lipinski definition) is 4. The van der Waals surface area contributed by atoms with E-state index in [1.165, 1.54) is 13.8 Å². The Morgan fingerprint density at radius 2 is 1.62 bits per heavy atom. The number of ketones is 1. The highest BCUT2D eigenvalue weighted by molar-refractivity contribution is 7.87. The molecule has 0 fully saturated rings. The highest BCUT2D eigenvalue weighted by Gasteiger charge is 2.47. The minimum atomic E-state index is -5.54. The molecule has 0 saturated carbocycles. The second-order valence-electron chi connectivity index (χ2n) is 2.67. The van der Waals surface area contributed by atoms with E-state index < -0.39 is 28.9 Å². The van der Waals surface area contributed by atoms with Crippen LogP contribution >= 0.6 is 0 Å². The largest absolute Gasteiger partial charge is 0.523 e. The van der Waals surface area contributed by atoms with E-state index in [2.05, 4.69) is 4.18 Å². The normalized spacial score (nSPS) is 11.6. The highest BCUT2D eigenvalue weighted by atomic mass is 32.2. The lowest BCUT2D eigenvalue weighted by atomic mass is 10.5. The standard InChI is InChI=1S/C4H6F4O3S.C3H6O/c5-2-1-3-11-12(9,10)4(6,7)8;1-3(2)4/h1-3H2;1-2H3. The average Bonchev–Trinajstić information content (AvgIpc) is 2.01. The van der Waals surface area contributed by atoms with Gasteiger partial charge in [-0.25, -0.2) is 0 Å². The molecule has 0 bridgehead atoms. The Bertz CT molecular complexity index is 292. The zero-order valence-corrected chi connectivity index (χ0v) is 9.49. The van der Waals surface area contributed by atoms with Crippen molar-refractivity contribution in [3.63, 3.8) is 0 Å². The van der Waals surface area contributed by atoms with Gasteiger partial charge in [-0.05, 0) is 13.8 Å². The number of alkyl halides is 4. The quantitative estimate of drug-likeness (QED) is 0.337. The van der Waals surface area contributed by atoms with Crippen molar-refractivity contribution < 1.29 is 35.0 Å². The topological polar surface area (TPSA) is 60.4 Å². The lowest BCUT2D eigenvalue weighted by Gasteiger charge is -2.06. The fourth-order valence-electron chi connectivity index (χ4n) is 0.290. The fraction of sp³-hybridized carbons (Fsp3) is 0.857. The van der Waals surface area contributed by atoms with Gasteiger partial charge in [0, 0.05) is 6.42 Å². The molecule has 0 aromatic heterocycles. The van der Waals surface area contributed by atoms with Crippen LogP contribution in [-0.4, -0.2) is 33.0 Å². The third-order valence-corrected chi connectivity index (χ3v) is 1.84. The molecule has 0 aromatic carbocycles. The molecule has 0 aliphatic rings.